The molecule has 0 aliphatic carbocycles. The number of carboxylic acids is 1. The Morgan fingerprint density at radius 2 is 1.81 bits per heavy atom. The highest BCUT2D eigenvalue weighted by molar-refractivity contribution is 5.66. The van der Waals surface area contributed by atoms with Crippen LogP contribution in [0.1, 0.15) is 29.5 Å². The van der Waals surface area contributed by atoms with Crippen LogP contribution in [-0.2, 0) is 24.4 Å². The summed E-state index contributed by atoms with van der Waals surface area (Å²) < 4.78 is 6.17. The van der Waals surface area contributed by atoms with Crippen LogP contribution in [0.15, 0.2) is 47.3 Å². The van der Waals surface area contributed by atoms with Crippen LogP contribution in [0.5, 0.6) is 0 Å². The molecular weight excluding hydrogens is 266 g/mol. The number of fused-ring (bicyclic) bond motifs is 1. The van der Waals surface area contributed by atoms with Crippen LogP contribution in [-0.4, -0.2) is 22.1 Å². The number of rotatable bonds is 6. The Balaban J connectivity index is 1.75. The van der Waals surface area contributed by atoms with Gasteiger partial charge in [0.2, 0.25) is 0 Å². The van der Waals surface area contributed by atoms with E-state index < -0.39 is 5.97 Å². The Hall–Kier alpha value is -2.07. The topological polar surface area (TPSA) is 50.4 Å². The molecule has 0 saturated carbocycles. The van der Waals surface area contributed by atoms with Gasteiger partial charge in [0.05, 0.1) is 36.6 Å². The lowest BCUT2D eigenvalue weighted by Gasteiger charge is -2.34. The van der Waals surface area contributed by atoms with Crippen molar-refractivity contribution in [2.75, 3.05) is 6.54 Å². The number of carbonyl (C=O) groups is 1. The Kier molecular flexibility index (Phi) is 3.80. The molecule has 0 radical (unpaired) electrons. The van der Waals surface area contributed by atoms with E-state index in [9.17, 15) is 4.79 Å². The summed E-state index contributed by atoms with van der Waals surface area (Å²) in [4.78, 5) is 10.8. The molecule has 4 nitrogen and oxygen atoms in total. The van der Waals surface area contributed by atoms with Gasteiger partial charge in [-0.3, -0.25) is 4.79 Å². The number of carboxylic acid groups (broad SMARTS) is 1. The van der Waals surface area contributed by atoms with Crippen molar-refractivity contribution in [3.63, 3.8) is 0 Å². The van der Waals surface area contributed by atoms with E-state index in [2.05, 4.69) is 24.3 Å². The fraction of sp³-hybridized carbons (Fsp3) is 0.353. The van der Waals surface area contributed by atoms with Gasteiger partial charge in [0.25, 0.3) is 0 Å². The molecule has 1 aliphatic heterocycles. The largest absolute Gasteiger partial charge is 0.481 e. The second-order valence-corrected chi connectivity index (χ2v) is 5.94. The van der Waals surface area contributed by atoms with Gasteiger partial charge in [-0.1, -0.05) is 30.3 Å². The minimum atomic E-state index is -0.714. The Morgan fingerprint density at radius 1 is 1.14 bits per heavy atom. The molecule has 4 heteroatoms. The van der Waals surface area contributed by atoms with Crippen LogP contribution in [0.25, 0.3) is 0 Å². The highest BCUT2D eigenvalue weighted by atomic mass is 16.4. The van der Waals surface area contributed by atoms with Gasteiger partial charge in [-0.05, 0) is 0 Å². The highest BCUT2D eigenvalue weighted by Crippen LogP contribution is 2.33. The average Bonchev–Trinajstić information content (AvgIpc) is 2.98. The van der Waals surface area contributed by atoms with Crippen molar-refractivity contribution in [1.82, 2.24) is 0 Å². The first-order valence-electron chi connectivity index (χ1n) is 7.32. The third kappa shape index (κ3) is 3.16. The summed E-state index contributed by atoms with van der Waals surface area (Å²) in [6, 6.07) is 10.4. The number of aliphatic carboxylic acids is 1. The molecule has 2 heterocycles. The van der Waals surface area contributed by atoms with Crippen LogP contribution in [0, 0.1) is 0 Å². The monoisotopic (exact) mass is 286 g/mol. The summed E-state index contributed by atoms with van der Waals surface area (Å²) in [6.45, 7) is 3.69. The molecule has 1 aliphatic rings. The molecule has 0 unspecified atom stereocenters. The van der Waals surface area contributed by atoms with Crippen molar-refractivity contribution < 1.29 is 18.8 Å². The average molecular weight is 286 g/mol. The SMILES string of the molecule is O=C(O)CCC[N+]1(Cc2ccccc2)Cc2cocc2C1. The van der Waals surface area contributed by atoms with E-state index in [0.717, 1.165) is 30.7 Å². The summed E-state index contributed by atoms with van der Waals surface area (Å²) in [6.07, 6.45) is 4.61. The quantitative estimate of drug-likeness (QED) is 0.830. The van der Waals surface area contributed by atoms with Crippen molar-refractivity contribution in [2.24, 2.45) is 0 Å². The summed E-state index contributed by atoms with van der Waals surface area (Å²) in [7, 11) is 0. The smallest absolute Gasteiger partial charge is 0.303 e. The Labute approximate surface area is 124 Å². The van der Waals surface area contributed by atoms with Crippen molar-refractivity contribution in [3.05, 3.63) is 59.5 Å². The van der Waals surface area contributed by atoms with Crippen LogP contribution in [0.2, 0.25) is 0 Å². The second kappa shape index (κ2) is 5.74. The summed E-state index contributed by atoms with van der Waals surface area (Å²) >= 11 is 0. The van der Waals surface area contributed by atoms with Crippen LogP contribution >= 0.6 is 0 Å². The number of benzene rings is 1. The maximum Gasteiger partial charge on any atom is 0.303 e. The lowest BCUT2D eigenvalue weighted by Crippen LogP contribution is -2.43. The molecule has 1 N–H and O–H groups in total. The van der Waals surface area contributed by atoms with Crippen LogP contribution in [0.4, 0.5) is 0 Å². The molecule has 0 saturated heterocycles. The van der Waals surface area contributed by atoms with E-state index in [1.54, 1.807) is 0 Å². The van der Waals surface area contributed by atoms with Crippen LogP contribution in [0.3, 0.4) is 0 Å². The maximum atomic E-state index is 10.8. The van der Waals surface area contributed by atoms with Crippen LogP contribution < -0.4 is 0 Å². The first-order valence-corrected chi connectivity index (χ1v) is 7.32. The number of nitrogens with zero attached hydrogens (tertiary/aromatic N) is 1. The predicted octanol–water partition coefficient (Wildman–Crippen LogP) is 3.18. The zero-order chi connectivity index (χ0) is 14.7. The van der Waals surface area contributed by atoms with Gasteiger partial charge in [-0.15, -0.1) is 0 Å². The number of quaternary nitrogens is 1. The molecule has 0 spiro atoms. The molecule has 0 atom stereocenters. The summed E-state index contributed by atoms with van der Waals surface area (Å²) in [5.74, 6) is -0.714. The van der Waals surface area contributed by atoms with Crippen molar-refractivity contribution in [1.29, 1.82) is 0 Å². The Morgan fingerprint density at radius 3 is 2.43 bits per heavy atom. The molecule has 0 amide bonds. The van der Waals surface area contributed by atoms with Crippen molar-refractivity contribution >= 4 is 5.97 Å². The number of furan rings is 1. The fourth-order valence-electron chi connectivity index (χ4n) is 3.29. The molecular formula is C17H20NO3+. The maximum absolute atomic E-state index is 10.8. The van der Waals surface area contributed by atoms with Gasteiger partial charge in [-0.25, -0.2) is 0 Å². The molecule has 21 heavy (non-hydrogen) atoms. The molecule has 3 rings (SSSR count). The van der Waals surface area contributed by atoms with E-state index in [-0.39, 0.29) is 6.42 Å². The van der Waals surface area contributed by atoms with Gasteiger partial charge in [0, 0.05) is 12.0 Å². The minimum absolute atomic E-state index is 0.239. The summed E-state index contributed by atoms with van der Waals surface area (Å²) in [5.41, 5.74) is 3.83. The van der Waals surface area contributed by atoms with Gasteiger partial charge >= 0.3 is 5.97 Å². The molecule has 110 valence electrons. The third-order valence-corrected chi connectivity index (χ3v) is 4.23. The first kappa shape index (κ1) is 13.9. The molecule has 1 aromatic carbocycles. The lowest BCUT2D eigenvalue weighted by atomic mass is 10.1. The minimum Gasteiger partial charge on any atom is -0.481 e. The number of hydrogen-bond donors (Lipinski definition) is 1. The molecule has 2 aromatic rings. The van der Waals surface area contributed by atoms with E-state index in [1.165, 1.54) is 16.7 Å². The highest BCUT2D eigenvalue weighted by Gasteiger charge is 2.37. The number of hydrogen-bond acceptors (Lipinski definition) is 2. The van der Waals surface area contributed by atoms with Gasteiger partial charge in [0.1, 0.15) is 19.6 Å². The third-order valence-electron chi connectivity index (χ3n) is 4.23. The van der Waals surface area contributed by atoms with E-state index in [0.29, 0.717) is 6.42 Å². The zero-order valence-corrected chi connectivity index (χ0v) is 12.0. The zero-order valence-electron chi connectivity index (χ0n) is 12.0. The molecule has 1 aromatic heterocycles. The standard InChI is InChI=1S/C17H19NO3/c19-17(20)7-4-8-18(9-14-5-2-1-3-6-14)10-15-12-21-13-16(15)11-18/h1-3,5-6,12-13H,4,7-11H2/p+1. The van der Waals surface area contributed by atoms with E-state index in [1.807, 2.05) is 18.6 Å². The Bertz CT molecular complexity index is 597. The first-order chi connectivity index (χ1) is 10.2. The van der Waals surface area contributed by atoms with E-state index >= 15 is 0 Å². The molecule has 0 fully saturated rings. The normalized spacial score (nSPS) is 15.8. The lowest BCUT2D eigenvalue weighted by molar-refractivity contribution is -0.960. The fourth-order valence-corrected chi connectivity index (χ4v) is 3.29. The van der Waals surface area contributed by atoms with Gasteiger partial charge in [-0.2, -0.15) is 0 Å². The van der Waals surface area contributed by atoms with Crippen molar-refractivity contribution in [2.45, 2.75) is 32.5 Å². The van der Waals surface area contributed by atoms with Crippen molar-refractivity contribution in [3.8, 4) is 0 Å². The van der Waals surface area contributed by atoms with E-state index in [4.69, 9.17) is 9.52 Å². The predicted molar refractivity (Wildman–Crippen MR) is 78.3 cm³/mol. The summed E-state index contributed by atoms with van der Waals surface area (Å²) in [5, 5.41) is 8.87. The molecule has 0 bridgehead atoms. The second-order valence-electron chi connectivity index (χ2n) is 5.94. The van der Waals surface area contributed by atoms with Gasteiger partial charge < -0.3 is 14.0 Å². The van der Waals surface area contributed by atoms with Gasteiger partial charge in [0.15, 0.2) is 0 Å².